The number of carbonyl (C=O) groups is 1. The Kier molecular flexibility index (Phi) is 10.8. The van der Waals surface area contributed by atoms with Gasteiger partial charge in [0.2, 0.25) is 5.91 Å². The number of hydrogen-bond donors (Lipinski definition) is 2. The monoisotopic (exact) mass is 460 g/mol. The molecule has 0 saturated heterocycles. The smallest absolute Gasteiger partial charge is 0.243 e. The van der Waals surface area contributed by atoms with Crippen LogP contribution in [0.1, 0.15) is 44.6 Å². The molecule has 34 heavy (non-hydrogen) atoms. The van der Waals surface area contributed by atoms with E-state index in [2.05, 4.69) is 29.7 Å². The average molecular weight is 461 g/mol. The van der Waals surface area contributed by atoms with E-state index in [1.54, 1.807) is 0 Å². The summed E-state index contributed by atoms with van der Waals surface area (Å²) < 4.78 is 11.7. The summed E-state index contributed by atoms with van der Waals surface area (Å²) in [5.41, 5.74) is 2.81. The zero-order valence-corrected chi connectivity index (χ0v) is 20.1. The molecule has 0 saturated carbocycles. The highest BCUT2D eigenvalue weighted by atomic mass is 16.5. The first-order valence-corrected chi connectivity index (χ1v) is 12.3. The molecule has 0 atom stereocenters. The summed E-state index contributed by atoms with van der Waals surface area (Å²) in [5, 5.41) is 6.09. The molecule has 0 aromatic heterocycles. The number of unbranched alkanes of at least 4 members (excludes halogenated alkanes) is 4. The summed E-state index contributed by atoms with van der Waals surface area (Å²) in [5.74, 6) is 1.44. The Labute approximate surface area is 203 Å². The molecule has 5 nitrogen and oxygen atoms in total. The van der Waals surface area contributed by atoms with Crippen LogP contribution in [-0.4, -0.2) is 25.7 Å². The molecular weight excluding hydrogens is 424 g/mol. The van der Waals surface area contributed by atoms with Crippen molar-refractivity contribution in [2.75, 3.05) is 30.4 Å². The van der Waals surface area contributed by atoms with Gasteiger partial charge in [-0.2, -0.15) is 0 Å². The maximum Gasteiger partial charge on any atom is 0.243 e. The molecule has 0 spiro atoms. The third kappa shape index (κ3) is 9.57. The lowest BCUT2D eigenvalue weighted by Gasteiger charge is -2.11. The van der Waals surface area contributed by atoms with Crippen molar-refractivity contribution in [2.45, 2.75) is 45.4 Å². The predicted molar refractivity (Wildman–Crippen MR) is 140 cm³/mol. The Balaban J connectivity index is 1.38. The number of amides is 1. The molecule has 1 amide bonds. The van der Waals surface area contributed by atoms with Crippen LogP contribution in [0.5, 0.6) is 11.5 Å². The molecule has 2 N–H and O–H groups in total. The van der Waals surface area contributed by atoms with Gasteiger partial charge in [-0.1, -0.05) is 75.1 Å². The molecule has 5 heteroatoms. The van der Waals surface area contributed by atoms with E-state index in [-0.39, 0.29) is 12.5 Å². The third-order valence-corrected chi connectivity index (χ3v) is 5.42. The standard InChI is InChI=1S/C29H36N2O3/c1-2-3-4-5-9-19-33-27-16-10-14-25(21-27)30-23-29(32)31-26-15-11-17-28(22-26)34-20-18-24-12-7-6-8-13-24/h6-8,10-17,21-22,30H,2-5,9,18-20,23H2,1H3,(H,31,32). The van der Waals surface area contributed by atoms with Gasteiger partial charge < -0.3 is 20.1 Å². The number of ether oxygens (including phenoxy) is 2. The van der Waals surface area contributed by atoms with E-state index in [9.17, 15) is 4.79 Å². The summed E-state index contributed by atoms with van der Waals surface area (Å²) in [4.78, 5) is 12.4. The fraction of sp³-hybridized carbons (Fsp3) is 0.345. The minimum absolute atomic E-state index is 0.122. The maximum absolute atomic E-state index is 12.4. The summed E-state index contributed by atoms with van der Waals surface area (Å²) >= 11 is 0. The Hall–Kier alpha value is -3.47. The van der Waals surface area contributed by atoms with Gasteiger partial charge in [0.25, 0.3) is 0 Å². The molecule has 0 aliphatic rings. The highest BCUT2D eigenvalue weighted by molar-refractivity contribution is 5.93. The summed E-state index contributed by atoms with van der Waals surface area (Å²) in [7, 11) is 0. The second-order valence-electron chi connectivity index (χ2n) is 8.30. The van der Waals surface area contributed by atoms with Gasteiger partial charge >= 0.3 is 0 Å². The molecule has 0 aliphatic carbocycles. The first-order chi connectivity index (χ1) is 16.7. The number of anilines is 2. The van der Waals surface area contributed by atoms with Crippen molar-refractivity contribution in [3.63, 3.8) is 0 Å². The highest BCUT2D eigenvalue weighted by Gasteiger charge is 2.05. The maximum atomic E-state index is 12.4. The van der Waals surface area contributed by atoms with Gasteiger partial charge in [0.05, 0.1) is 19.8 Å². The van der Waals surface area contributed by atoms with E-state index < -0.39 is 0 Å². The van der Waals surface area contributed by atoms with Crippen LogP contribution in [0.2, 0.25) is 0 Å². The van der Waals surface area contributed by atoms with E-state index in [1.165, 1.54) is 31.2 Å². The Morgan fingerprint density at radius 3 is 2.18 bits per heavy atom. The predicted octanol–water partition coefficient (Wildman–Crippen LogP) is 6.71. The van der Waals surface area contributed by atoms with Gasteiger partial charge in [0, 0.05) is 29.9 Å². The normalized spacial score (nSPS) is 10.5. The number of nitrogens with one attached hydrogen (secondary N) is 2. The van der Waals surface area contributed by atoms with Gasteiger partial charge in [-0.25, -0.2) is 0 Å². The second kappa shape index (κ2) is 14.6. The van der Waals surface area contributed by atoms with Crippen LogP contribution in [0.15, 0.2) is 78.9 Å². The molecule has 0 aliphatic heterocycles. The molecule has 3 aromatic carbocycles. The van der Waals surface area contributed by atoms with Crippen molar-refractivity contribution in [3.8, 4) is 11.5 Å². The summed E-state index contributed by atoms with van der Waals surface area (Å²) in [6.07, 6.45) is 6.89. The number of carbonyl (C=O) groups excluding carboxylic acids is 1. The van der Waals surface area contributed by atoms with Crippen LogP contribution in [-0.2, 0) is 11.2 Å². The molecule has 0 radical (unpaired) electrons. The fourth-order valence-electron chi connectivity index (χ4n) is 3.57. The average Bonchev–Trinajstić information content (AvgIpc) is 2.86. The summed E-state index contributed by atoms with van der Waals surface area (Å²) in [6, 6.07) is 25.5. The van der Waals surface area contributed by atoms with Crippen LogP contribution in [0.4, 0.5) is 11.4 Å². The lowest BCUT2D eigenvalue weighted by molar-refractivity contribution is -0.114. The van der Waals surface area contributed by atoms with Crippen molar-refractivity contribution < 1.29 is 14.3 Å². The van der Waals surface area contributed by atoms with Crippen LogP contribution < -0.4 is 20.1 Å². The molecule has 0 fully saturated rings. The molecule has 0 bridgehead atoms. The zero-order valence-electron chi connectivity index (χ0n) is 20.1. The lowest BCUT2D eigenvalue weighted by atomic mass is 10.2. The topological polar surface area (TPSA) is 59.6 Å². The SMILES string of the molecule is CCCCCCCOc1cccc(NCC(=O)Nc2cccc(OCCc3ccccc3)c2)c1. The van der Waals surface area contributed by atoms with Crippen molar-refractivity contribution in [1.82, 2.24) is 0 Å². The number of hydrogen-bond acceptors (Lipinski definition) is 4. The Bertz CT molecular complexity index is 991. The van der Waals surface area contributed by atoms with Gasteiger partial charge in [0.15, 0.2) is 0 Å². The summed E-state index contributed by atoms with van der Waals surface area (Å²) in [6.45, 7) is 3.69. The minimum Gasteiger partial charge on any atom is -0.494 e. The van der Waals surface area contributed by atoms with E-state index in [1.807, 2.05) is 66.7 Å². The van der Waals surface area contributed by atoms with Crippen LogP contribution in [0.3, 0.4) is 0 Å². The second-order valence-corrected chi connectivity index (χ2v) is 8.30. The van der Waals surface area contributed by atoms with Crippen molar-refractivity contribution >= 4 is 17.3 Å². The largest absolute Gasteiger partial charge is 0.494 e. The molecular formula is C29H36N2O3. The first kappa shape index (κ1) is 25.2. The van der Waals surface area contributed by atoms with Gasteiger partial charge in [-0.05, 0) is 36.2 Å². The fourth-order valence-corrected chi connectivity index (χ4v) is 3.57. The van der Waals surface area contributed by atoms with E-state index in [0.29, 0.717) is 12.3 Å². The van der Waals surface area contributed by atoms with Crippen molar-refractivity contribution in [1.29, 1.82) is 0 Å². The third-order valence-electron chi connectivity index (χ3n) is 5.42. The lowest BCUT2D eigenvalue weighted by Crippen LogP contribution is -2.21. The van der Waals surface area contributed by atoms with Crippen LogP contribution in [0, 0.1) is 0 Å². The molecule has 0 heterocycles. The molecule has 0 unspecified atom stereocenters. The van der Waals surface area contributed by atoms with E-state index >= 15 is 0 Å². The van der Waals surface area contributed by atoms with Gasteiger partial charge in [-0.15, -0.1) is 0 Å². The van der Waals surface area contributed by atoms with E-state index in [0.717, 1.165) is 36.6 Å². The molecule has 180 valence electrons. The zero-order chi connectivity index (χ0) is 23.8. The number of rotatable bonds is 15. The van der Waals surface area contributed by atoms with Crippen LogP contribution >= 0.6 is 0 Å². The first-order valence-electron chi connectivity index (χ1n) is 12.3. The van der Waals surface area contributed by atoms with E-state index in [4.69, 9.17) is 9.47 Å². The minimum atomic E-state index is -0.122. The highest BCUT2D eigenvalue weighted by Crippen LogP contribution is 2.19. The van der Waals surface area contributed by atoms with Crippen molar-refractivity contribution in [2.24, 2.45) is 0 Å². The van der Waals surface area contributed by atoms with Gasteiger partial charge in [0.1, 0.15) is 11.5 Å². The number of benzene rings is 3. The van der Waals surface area contributed by atoms with Crippen molar-refractivity contribution in [3.05, 3.63) is 84.4 Å². The van der Waals surface area contributed by atoms with Crippen LogP contribution in [0.25, 0.3) is 0 Å². The van der Waals surface area contributed by atoms with Gasteiger partial charge in [-0.3, -0.25) is 4.79 Å². The molecule has 3 rings (SSSR count). The Morgan fingerprint density at radius 1 is 0.735 bits per heavy atom. The Morgan fingerprint density at radius 2 is 1.41 bits per heavy atom. The molecule has 3 aromatic rings. The quantitative estimate of drug-likeness (QED) is 0.248.